The molecular weight excluding hydrogens is 216 g/mol. The normalized spacial score (nSPS) is 17.9. The van der Waals surface area contributed by atoms with Crippen LogP contribution in [-0.4, -0.2) is 28.1 Å². The topological polar surface area (TPSA) is 62.2 Å². The minimum absolute atomic E-state index is 0.223. The lowest BCUT2D eigenvalue weighted by Crippen LogP contribution is -2.45. The number of nitrogens with zero attached hydrogens (tertiary/aromatic N) is 1. The van der Waals surface area contributed by atoms with E-state index in [9.17, 15) is 9.90 Å². The molecule has 1 aliphatic carbocycles. The number of aromatic nitrogens is 1. The van der Waals surface area contributed by atoms with Crippen LogP contribution in [-0.2, 0) is 11.2 Å². The molecule has 1 heterocycles. The molecule has 1 amide bonds. The van der Waals surface area contributed by atoms with Gasteiger partial charge in [0.2, 0.25) is 0 Å². The number of hydrogen-bond acceptors (Lipinski definition) is 3. The number of pyridine rings is 1. The van der Waals surface area contributed by atoms with Crippen molar-refractivity contribution in [2.75, 3.05) is 6.54 Å². The van der Waals surface area contributed by atoms with E-state index < -0.39 is 5.60 Å². The van der Waals surface area contributed by atoms with Gasteiger partial charge in [-0.05, 0) is 43.7 Å². The Hall–Kier alpha value is -1.42. The van der Waals surface area contributed by atoms with Crippen LogP contribution in [0.3, 0.4) is 0 Å². The first-order valence-corrected chi connectivity index (χ1v) is 6.10. The number of hydrogen-bond donors (Lipinski definition) is 2. The van der Waals surface area contributed by atoms with Gasteiger partial charge in [-0.3, -0.25) is 9.78 Å². The zero-order chi connectivity index (χ0) is 12.1. The number of carbonyl (C=O) groups excluding carboxylic acids is 1. The Labute approximate surface area is 101 Å². The van der Waals surface area contributed by atoms with E-state index in [1.165, 1.54) is 0 Å². The molecule has 0 bridgehead atoms. The fraction of sp³-hybridized carbons (Fsp3) is 0.538. The number of carbonyl (C=O) groups is 1. The standard InChI is InChI=1S/C13H18N2O2/c16-12(13(17)6-1-2-7-13)15-9-5-11-4-3-8-14-10-11/h3-4,8,10,17H,1-2,5-7,9H2,(H,15,16). The van der Waals surface area contributed by atoms with E-state index in [1.54, 1.807) is 12.4 Å². The maximum atomic E-state index is 11.8. The molecule has 0 saturated heterocycles. The van der Waals surface area contributed by atoms with Gasteiger partial charge in [0.05, 0.1) is 0 Å². The van der Waals surface area contributed by atoms with Gasteiger partial charge < -0.3 is 10.4 Å². The molecule has 0 atom stereocenters. The van der Waals surface area contributed by atoms with Gasteiger partial charge in [0.15, 0.2) is 0 Å². The van der Waals surface area contributed by atoms with Crippen molar-refractivity contribution >= 4 is 5.91 Å². The van der Waals surface area contributed by atoms with Gasteiger partial charge in [-0.15, -0.1) is 0 Å². The lowest BCUT2D eigenvalue weighted by molar-refractivity contribution is -0.139. The van der Waals surface area contributed by atoms with Crippen LogP contribution >= 0.6 is 0 Å². The highest BCUT2D eigenvalue weighted by molar-refractivity contribution is 5.85. The highest BCUT2D eigenvalue weighted by atomic mass is 16.3. The second-order valence-electron chi connectivity index (χ2n) is 4.61. The Bertz CT molecular complexity index is 372. The second kappa shape index (κ2) is 5.27. The monoisotopic (exact) mass is 234 g/mol. The summed E-state index contributed by atoms with van der Waals surface area (Å²) in [4.78, 5) is 15.8. The smallest absolute Gasteiger partial charge is 0.251 e. The quantitative estimate of drug-likeness (QED) is 0.818. The number of aliphatic hydroxyl groups is 1. The van der Waals surface area contributed by atoms with Gasteiger partial charge in [-0.25, -0.2) is 0 Å². The Kier molecular flexibility index (Phi) is 3.74. The van der Waals surface area contributed by atoms with Gasteiger partial charge in [0, 0.05) is 18.9 Å². The fourth-order valence-corrected chi connectivity index (χ4v) is 2.22. The van der Waals surface area contributed by atoms with E-state index in [1.807, 2.05) is 12.1 Å². The van der Waals surface area contributed by atoms with Crippen molar-refractivity contribution in [3.8, 4) is 0 Å². The lowest BCUT2D eigenvalue weighted by Gasteiger charge is -2.20. The third-order valence-corrected chi connectivity index (χ3v) is 3.28. The Balaban J connectivity index is 1.77. The van der Waals surface area contributed by atoms with Gasteiger partial charge in [0.25, 0.3) is 5.91 Å². The summed E-state index contributed by atoms with van der Waals surface area (Å²) in [6, 6.07) is 3.85. The van der Waals surface area contributed by atoms with E-state index in [-0.39, 0.29) is 5.91 Å². The summed E-state index contributed by atoms with van der Waals surface area (Å²) in [5, 5.41) is 12.8. The first-order valence-electron chi connectivity index (χ1n) is 6.10. The molecule has 17 heavy (non-hydrogen) atoms. The van der Waals surface area contributed by atoms with Crippen LogP contribution in [0.25, 0.3) is 0 Å². The van der Waals surface area contributed by atoms with E-state index in [2.05, 4.69) is 10.3 Å². The Morgan fingerprint density at radius 3 is 2.88 bits per heavy atom. The van der Waals surface area contributed by atoms with Crippen molar-refractivity contribution in [1.82, 2.24) is 10.3 Å². The molecule has 0 aliphatic heterocycles. The van der Waals surface area contributed by atoms with Crippen molar-refractivity contribution in [3.05, 3.63) is 30.1 Å². The summed E-state index contributed by atoms with van der Waals surface area (Å²) < 4.78 is 0. The maximum Gasteiger partial charge on any atom is 0.251 e. The molecule has 92 valence electrons. The first kappa shape index (κ1) is 12.0. The maximum absolute atomic E-state index is 11.8. The van der Waals surface area contributed by atoms with Crippen LogP contribution in [0.1, 0.15) is 31.2 Å². The van der Waals surface area contributed by atoms with Gasteiger partial charge >= 0.3 is 0 Å². The van der Waals surface area contributed by atoms with Crippen molar-refractivity contribution in [1.29, 1.82) is 0 Å². The molecule has 1 aromatic heterocycles. The van der Waals surface area contributed by atoms with Gasteiger partial charge in [-0.2, -0.15) is 0 Å². The van der Waals surface area contributed by atoms with Crippen LogP contribution in [0.15, 0.2) is 24.5 Å². The number of rotatable bonds is 4. The highest BCUT2D eigenvalue weighted by Gasteiger charge is 2.38. The lowest BCUT2D eigenvalue weighted by atomic mass is 10.0. The van der Waals surface area contributed by atoms with Crippen molar-refractivity contribution < 1.29 is 9.90 Å². The minimum atomic E-state index is -1.12. The van der Waals surface area contributed by atoms with E-state index in [0.717, 1.165) is 24.8 Å². The van der Waals surface area contributed by atoms with Crippen molar-refractivity contribution in [2.24, 2.45) is 0 Å². The predicted octanol–water partition coefficient (Wildman–Crippen LogP) is 1.05. The molecule has 1 fully saturated rings. The Morgan fingerprint density at radius 1 is 1.47 bits per heavy atom. The van der Waals surface area contributed by atoms with Gasteiger partial charge in [-0.1, -0.05) is 6.07 Å². The average Bonchev–Trinajstić information content (AvgIpc) is 2.79. The summed E-state index contributed by atoms with van der Waals surface area (Å²) in [6.45, 7) is 0.548. The molecule has 4 nitrogen and oxygen atoms in total. The molecule has 0 unspecified atom stereocenters. The molecule has 1 aromatic rings. The molecule has 0 spiro atoms. The molecule has 2 rings (SSSR count). The van der Waals surface area contributed by atoms with E-state index in [4.69, 9.17) is 0 Å². The third-order valence-electron chi connectivity index (χ3n) is 3.28. The summed E-state index contributed by atoms with van der Waals surface area (Å²) in [5.74, 6) is -0.223. The first-order chi connectivity index (χ1) is 8.21. The Morgan fingerprint density at radius 2 is 2.24 bits per heavy atom. The van der Waals surface area contributed by atoms with E-state index in [0.29, 0.717) is 19.4 Å². The van der Waals surface area contributed by atoms with E-state index >= 15 is 0 Å². The van der Waals surface area contributed by atoms with Crippen LogP contribution in [0.2, 0.25) is 0 Å². The molecule has 0 aromatic carbocycles. The third kappa shape index (κ3) is 3.03. The molecular formula is C13H18N2O2. The summed E-state index contributed by atoms with van der Waals surface area (Å²) in [6.07, 6.45) is 7.31. The number of nitrogens with one attached hydrogen (secondary N) is 1. The molecule has 1 saturated carbocycles. The second-order valence-corrected chi connectivity index (χ2v) is 4.61. The molecule has 1 aliphatic rings. The SMILES string of the molecule is O=C(NCCc1cccnc1)C1(O)CCCC1. The predicted molar refractivity (Wildman–Crippen MR) is 64.4 cm³/mol. The van der Waals surface area contributed by atoms with Crippen molar-refractivity contribution in [2.45, 2.75) is 37.7 Å². The van der Waals surface area contributed by atoms with Crippen LogP contribution in [0, 0.1) is 0 Å². The van der Waals surface area contributed by atoms with Crippen LogP contribution in [0.4, 0.5) is 0 Å². The zero-order valence-corrected chi connectivity index (χ0v) is 9.85. The summed E-state index contributed by atoms with van der Waals surface area (Å²) >= 11 is 0. The highest BCUT2D eigenvalue weighted by Crippen LogP contribution is 2.29. The van der Waals surface area contributed by atoms with Crippen LogP contribution < -0.4 is 5.32 Å². The number of amides is 1. The minimum Gasteiger partial charge on any atom is -0.380 e. The summed E-state index contributed by atoms with van der Waals surface area (Å²) in [7, 11) is 0. The summed E-state index contributed by atoms with van der Waals surface area (Å²) in [5.41, 5.74) is -0.0270. The zero-order valence-electron chi connectivity index (χ0n) is 9.85. The van der Waals surface area contributed by atoms with Gasteiger partial charge in [0.1, 0.15) is 5.60 Å². The molecule has 2 N–H and O–H groups in total. The van der Waals surface area contributed by atoms with Crippen LogP contribution in [0.5, 0.6) is 0 Å². The molecule has 0 radical (unpaired) electrons. The van der Waals surface area contributed by atoms with Crippen molar-refractivity contribution in [3.63, 3.8) is 0 Å². The fourth-order valence-electron chi connectivity index (χ4n) is 2.22. The molecule has 4 heteroatoms. The average molecular weight is 234 g/mol. The largest absolute Gasteiger partial charge is 0.380 e.